The first-order chi connectivity index (χ1) is 32.6. The number of rotatable bonds is 55. The summed E-state index contributed by atoms with van der Waals surface area (Å²) in [5, 5.41) is 0. The van der Waals surface area contributed by atoms with Gasteiger partial charge in [-0.15, -0.1) is 0 Å². The van der Waals surface area contributed by atoms with Crippen molar-refractivity contribution < 1.29 is 23.8 Å². The molecule has 0 bridgehead atoms. The Morgan fingerprint density at radius 1 is 0.333 bits per heavy atom. The molecule has 5 heteroatoms. The number of allylic oxidation sites excluding steroid dienone is 6. The van der Waals surface area contributed by atoms with Gasteiger partial charge in [-0.2, -0.15) is 0 Å². The van der Waals surface area contributed by atoms with E-state index in [0.29, 0.717) is 19.4 Å². The third-order valence-electron chi connectivity index (χ3n) is 13.1. The molecule has 0 aromatic heterocycles. The molecular formula is C61H114O5. The molecule has 1 unspecified atom stereocenters. The third kappa shape index (κ3) is 54.7. The average Bonchev–Trinajstić information content (AvgIpc) is 3.32. The van der Waals surface area contributed by atoms with E-state index in [9.17, 15) is 9.59 Å². The van der Waals surface area contributed by atoms with E-state index in [2.05, 4.69) is 57.2 Å². The maximum atomic E-state index is 12.9. The van der Waals surface area contributed by atoms with Crippen LogP contribution in [0.3, 0.4) is 0 Å². The van der Waals surface area contributed by atoms with Gasteiger partial charge in [0.2, 0.25) is 0 Å². The maximum Gasteiger partial charge on any atom is 0.306 e. The number of carbonyl (C=O) groups excluding carboxylic acids is 2. The zero-order chi connectivity index (χ0) is 47.7. The highest BCUT2D eigenvalue weighted by Crippen LogP contribution is 2.16. The fourth-order valence-corrected chi connectivity index (χ4v) is 8.71. The van der Waals surface area contributed by atoms with Crippen molar-refractivity contribution >= 4 is 11.9 Å². The molecule has 0 aliphatic rings. The van der Waals surface area contributed by atoms with E-state index in [1.165, 1.54) is 238 Å². The van der Waals surface area contributed by atoms with Crippen LogP contribution >= 0.6 is 0 Å². The van der Waals surface area contributed by atoms with Crippen LogP contribution in [0.15, 0.2) is 36.5 Å². The summed E-state index contributed by atoms with van der Waals surface area (Å²) in [6.07, 6.45) is 70.2. The molecule has 1 atom stereocenters. The van der Waals surface area contributed by atoms with Crippen molar-refractivity contribution in [3.8, 4) is 0 Å². The van der Waals surface area contributed by atoms with Gasteiger partial charge >= 0.3 is 11.9 Å². The normalized spacial score (nSPS) is 12.3. The molecule has 0 saturated carbocycles. The molecule has 0 amide bonds. The molecule has 0 heterocycles. The Bertz CT molecular complexity index is 1050. The van der Waals surface area contributed by atoms with E-state index >= 15 is 0 Å². The number of unbranched alkanes of at least 4 members (excludes halogenated alkanes) is 38. The number of ether oxygens (including phenoxy) is 3. The number of hydrogen-bond donors (Lipinski definition) is 0. The van der Waals surface area contributed by atoms with E-state index in [0.717, 1.165) is 44.9 Å². The first-order valence-corrected chi connectivity index (χ1v) is 29.5. The topological polar surface area (TPSA) is 61.8 Å². The Kier molecular flexibility index (Phi) is 55.8. The maximum absolute atomic E-state index is 12.9. The van der Waals surface area contributed by atoms with Crippen molar-refractivity contribution in [2.75, 3.05) is 19.8 Å². The van der Waals surface area contributed by atoms with Gasteiger partial charge in [-0.1, -0.05) is 263 Å². The summed E-state index contributed by atoms with van der Waals surface area (Å²) in [7, 11) is 0. The molecule has 0 spiro atoms. The molecule has 0 radical (unpaired) electrons. The predicted molar refractivity (Wildman–Crippen MR) is 288 cm³/mol. The Morgan fingerprint density at radius 2 is 0.636 bits per heavy atom. The number of carbonyl (C=O) groups is 2. The molecule has 0 N–H and O–H groups in total. The number of hydrogen-bond acceptors (Lipinski definition) is 5. The van der Waals surface area contributed by atoms with Crippen LogP contribution in [0.5, 0.6) is 0 Å². The summed E-state index contributed by atoms with van der Waals surface area (Å²) in [6, 6.07) is 0. The largest absolute Gasteiger partial charge is 0.462 e. The lowest BCUT2D eigenvalue weighted by molar-refractivity contribution is -0.163. The molecule has 0 saturated heterocycles. The SMILES string of the molecule is CCCCC/C=C\C/C=C\CCCCCCCCCC(=O)OCC(COCCCCCCCCCCCCCCCCCC)OC(=O)CCCCCCCCC/C=C\CCCCCCCC. The summed E-state index contributed by atoms with van der Waals surface area (Å²) >= 11 is 0. The van der Waals surface area contributed by atoms with Crippen molar-refractivity contribution in [2.45, 2.75) is 322 Å². The lowest BCUT2D eigenvalue weighted by Crippen LogP contribution is -2.30. The van der Waals surface area contributed by atoms with Crippen molar-refractivity contribution in [2.24, 2.45) is 0 Å². The van der Waals surface area contributed by atoms with Crippen LogP contribution in [-0.2, 0) is 23.8 Å². The molecule has 388 valence electrons. The monoisotopic (exact) mass is 927 g/mol. The minimum Gasteiger partial charge on any atom is -0.462 e. The van der Waals surface area contributed by atoms with E-state index in [1.807, 2.05) is 0 Å². The predicted octanol–water partition coefficient (Wildman–Crippen LogP) is 20.1. The molecule has 66 heavy (non-hydrogen) atoms. The van der Waals surface area contributed by atoms with Gasteiger partial charge in [0.25, 0.3) is 0 Å². The van der Waals surface area contributed by atoms with E-state index in [4.69, 9.17) is 14.2 Å². The molecule has 5 nitrogen and oxygen atoms in total. The standard InChI is InChI=1S/C61H114O5/c1-4-7-10-13-16-19-22-25-28-31-33-36-39-42-45-48-51-54-60(62)65-58-59(57-64-56-53-50-47-44-41-38-35-30-27-24-21-18-15-12-9-6-3)66-61(63)55-52-49-46-43-40-37-34-32-29-26-23-20-17-14-11-8-5-2/h16,19,25-26,28-29,59H,4-15,17-18,20-24,27,30-58H2,1-3H3/b19-16-,28-25-,29-26-. The highest BCUT2D eigenvalue weighted by atomic mass is 16.6. The fraction of sp³-hybridized carbons (Fsp3) is 0.869. The summed E-state index contributed by atoms with van der Waals surface area (Å²) < 4.78 is 17.5. The average molecular weight is 928 g/mol. The Hall–Kier alpha value is -1.88. The van der Waals surface area contributed by atoms with Crippen molar-refractivity contribution in [3.05, 3.63) is 36.5 Å². The second-order valence-corrected chi connectivity index (χ2v) is 19.9. The minimum atomic E-state index is -0.538. The van der Waals surface area contributed by atoms with Crippen LogP contribution in [0.1, 0.15) is 316 Å². The molecule has 0 aliphatic carbocycles. The van der Waals surface area contributed by atoms with Gasteiger partial charge in [0.15, 0.2) is 6.10 Å². The first-order valence-electron chi connectivity index (χ1n) is 29.5. The van der Waals surface area contributed by atoms with E-state index < -0.39 is 6.10 Å². The Balaban J connectivity index is 4.25. The Labute approximate surface area is 412 Å². The van der Waals surface area contributed by atoms with Crippen molar-refractivity contribution in [1.82, 2.24) is 0 Å². The van der Waals surface area contributed by atoms with Gasteiger partial charge in [-0.25, -0.2) is 0 Å². The lowest BCUT2D eigenvalue weighted by atomic mass is 10.0. The second-order valence-electron chi connectivity index (χ2n) is 19.9. The van der Waals surface area contributed by atoms with Crippen LogP contribution in [0.4, 0.5) is 0 Å². The zero-order valence-electron chi connectivity index (χ0n) is 44.7. The van der Waals surface area contributed by atoms with Gasteiger partial charge in [0, 0.05) is 19.4 Å². The van der Waals surface area contributed by atoms with Gasteiger partial charge in [-0.05, 0) is 77.0 Å². The van der Waals surface area contributed by atoms with Crippen LogP contribution in [0.25, 0.3) is 0 Å². The summed E-state index contributed by atoms with van der Waals surface area (Å²) in [5.74, 6) is -0.392. The van der Waals surface area contributed by atoms with E-state index in [-0.39, 0.29) is 25.2 Å². The van der Waals surface area contributed by atoms with Gasteiger partial charge < -0.3 is 14.2 Å². The molecule has 0 aliphatic heterocycles. The smallest absolute Gasteiger partial charge is 0.306 e. The Morgan fingerprint density at radius 3 is 1.05 bits per heavy atom. The van der Waals surface area contributed by atoms with Crippen LogP contribution < -0.4 is 0 Å². The summed E-state index contributed by atoms with van der Waals surface area (Å²) in [5.41, 5.74) is 0. The quantitative estimate of drug-likeness (QED) is 0.0345. The molecule has 0 aromatic rings. The van der Waals surface area contributed by atoms with Gasteiger partial charge in [0.1, 0.15) is 6.61 Å². The highest BCUT2D eigenvalue weighted by Gasteiger charge is 2.17. The van der Waals surface area contributed by atoms with Crippen LogP contribution in [-0.4, -0.2) is 37.9 Å². The van der Waals surface area contributed by atoms with Crippen LogP contribution in [0.2, 0.25) is 0 Å². The van der Waals surface area contributed by atoms with Gasteiger partial charge in [0.05, 0.1) is 6.61 Å². The fourth-order valence-electron chi connectivity index (χ4n) is 8.71. The third-order valence-corrected chi connectivity index (χ3v) is 13.1. The first kappa shape index (κ1) is 64.1. The second kappa shape index (κ2) is 57.4. The van der Waals surface area contributed by atoms with Crippen LogP contribution in [0, 0.1) is 0 Å². The summed E-state index contributed by atoms with van der Waals surface area (Å²) in [6.45, 7) is 7.85. The highest BCUT2D eigenvalue weighted by molar-refractivity contribution is 5.70. The number of esters is 2. The molecule has 0 fully saturated rings. The van der Waals surface area contributed by atoms with E-state index in [1.54, 1.807) is 0 Å². The lowest BCUT2D eigenvalue weighted by Gasteiger charge is -2.18. The minimum absolute atomic E-state index is 0.0848. The zero-order valence-corrected chi connectivity index (χ0v) is 44.7. The van der Waals surface area contributed by atoms with Crippen molar-refractivity contribution in [1.29, 1.82) is 0 Å². The molecule has 0 aromatic carbocycles. The van der Waals surface area contributed by atoms with Crippen molar-refractivity contribution in [3.63, 3.8) is 0 Å². The summed E-state index contributed by atoms with van der Waals surface area (Å²) in [4.78, 5) is 25.5. The van der Waals surface area contributed by atoms with Gasteiger partial charge in [-0.3, -0.25) is 9.59 Å². The molecule has 0 rings (SSSR count). The molecular weight excluding hydrogens is 813 g/mol.